The van der Waals surface area contributed by atoms with E-state index in [1.807, 2.05) is 6.07 Å². The normalized spacial score (nSPS) is 18.9. The molecule has 2 saturated heterocycles. The molecule has 170 valence electrons. The Kier molecular flexibility index (Phi) is 5.57. The average molecular weight is 441 g/mol. The maximum Gasteiger partial charge on any atom is 0.135 e. The summed E-state index contributed by atoms with van der Waals surface area (Å²) in [6, 6.07) is 21.3. The van der Waals surface area contributed by atoms with Gasteiger partial charge in [0.15, 0.2) is 0 Å². The number of likely N-dealkylation sites (tertiary alicyclic amines) is 2. The lowest BCUT2D eigenvalue weighted by Crippen LogP contribution is -2.46. The zero-order chi connectivity index (χ0) is 22.2. The van der Waals surface area contributed by atoms with Crippen LogP contribution in [0.5, 0.6) is 5.75 Å². The van der Waals surface area contributed by atoms with Crippen LogP contribution in [0, 0.1) is 0 Å². The van der Waals surface area contributed by atoms with Gasteiger partial charge in [-0.1, -0.05) is 42.8 Å². The van der Waals surface area contributed by atoms with Gasteiger partial charge in [0.1, 0.15) is 17.1 Å². The Labute approximate surface area is 195 Å². The SMILES string of the molecule is Oc1ccc2oc(-c3ccc4ccccc4c3)cc2c1CN1CCC(N2CCCCC2)CC1. The number of hydrogen-bond acceptors (Lipinski definition) is 4. The number of piperidine rings is 2. The number of phenols is 1. The molecular formula is C29H32N2O2. The lowest BCUT2D eigenvalue weighted by molar-refractivity contribution is 0.0895. The molecule has 4 heteroatoms. The largest absolute Gasteiger partial charge is 0.508 e. The van der Waals surface area contributed by atoms with Crippen molar-refractivity contribution in [3.8, 4) is 17.1 Å². The van der Waals surface area contributed by atoms with Crippen LogP contribution in [0.25, 0.3) is 33.1 Å². The first-order valence-electron chi connectivity index (χ1n) is 12.4. The van der Waals surface area contributed by atoms with E-state index in [4.69, 9.17) is 4.42 Å². The van der Waals surface area contributed by atoms with Crippen molar-refractivity contribution in [1.29, 1.82) is 0 Å². The molecule has 3 aromatic carbocycles. The van der Waals surface area contributed by atoms with Crippen LogP contribution >= 0.6 is 0 Å². The fourth-order valence-electron chi connectivity index (χ4n) is 5.76. The van der Waals surface area contributed by atoms with Gasteiger partial charge < -0.3 is 14.4 Å². The van der Waals surface area contributed by atoms with Crippen molar-refractivity contribution in [3.05, 3.63) is 66.2 Å². The Bertz CT molecular complexity index is 1260. The number of hydrogen-bond donors (Lipinski definition) is 1. The molecule has 0 bridgehead atoms. The first-order valence-corrected chi connectivity index (χ1v) is 12.4. The second-order valence-electron chi connectivity index (χ2n) is 9.75. The Balaban J connectivity index is 1.23. The maximum atomic E-state index is 10.7. The minimum absolute atomic E-state index is 0.367. The second-order valence-corrected chi connectivity index (χ2v) is 9.75. The van der Waals surface area contributed by atoms with Crippen LogP contribution in [-0.2, 0) is 6.54 Å². The molecule has 0 atom stereocenters. The fraction of sp³-hybridized carbons (Fsp3) is 0.379. The van der Waals surface area contributed by atoms with E-state index >= 15 is 0 Å². The first-order chi connectivity index (χ1) is 16.2. The lowest BCUT2D eigenvalue weighted by atomic mass is 9.99. The van der Waals surface area contributed by atoms with Crippen molar-refractivity contribution in [3.63, 3.8) is 0 Å². The molecule has 0 spiro atoms. The monoisotopic (exact) mass is 440 g/mol. The zero-order valence-corrected chi connectivity index (χ0v) is 19.2. The summed E-state index contributed by atoms with van der Waals surface area (Å²) < 4.78 is 6.25. The van der Waals surface area contributed by atoms with Crippen molar-refractivity contribution in [1.82, 2.24) is 9.80 Å². The molecule has 0 amide bonds. The highest BCUT2D eigenvalue weighted by atomic mass is 16.3. The van der Waals surface area contributed by atoms with Crippen LogP contribution in [0.1, 0.15) is 37.7 Å². The molecule has 1 N–H and O–H groups in total. The van der Waals surface area contributed by atoms with Gasteiger partial charge in [0.2, 0.25) is 0 Å². The van der Waals surface area contributed by atoms with Crippen molar-refractivity contribution < 1.29 is 9.52 Å². The smallest absolute Gasteiger partial charge is 0.135 e. The van der Waals surface area contributed by atoms with Gasteiger partial charge in [-0.25, -0.2) is 0 Å². The molecule has 2 fully saturated rings. The predicted molar refractivity (Wildman–Crippen MR) is 135 cm³/mol. The minimum Gasteiger partial charge on any atom is -0.508 e. The third-order valence-electron chi connectivity index (χ3n) is 7.67. The Morgan fingerprint density at radius 1 is 0.818 bits per heavy atom. The van der Waals surface area contributed by atoms with Gasteiger partial charge in [0.25, 0.3) is 0 Å². The average Bonchev–Trinajstić information content (AvgIpc) is 3.31. The van der Waals surface area contributed by atoms with E-state index in [-0.39, 0.29) is 0 Å². The van der Waals surface area contributed by atoms with Crippen LogP contribution < -0.4 is 0 Å². The number of nitrogens with zero attached hydrogens (tertiary/aromatic N) is 2. The lowest BCUT2D eigenvalue weighted by Gasteiger charge is -2.40. The highest BCUT2D eigenvalue weighted by Gasteiger charge is 2.26. The Morgan fingerprint density at radius 2 is 1.61 bits per heavy atom. The van der Waals surface area contributed by atoms with Crippen molar-refractivity contribution in [2.75, 3.05) is 26.2 Å². The minimum atomic E-state index is 0.367. The molecule has 2 aliphatic rings. The quantitative estimate of drug-likeness (QED) is 0.398. The van der Waals surface area contributed by atoms with Crippen LogP contribution in [0.4, 0.5) is 0 Å². The fourth-order valence-corrected chi connectivity index (χ4v) is 5.76. The van der Waals surface area contributed by atoms with Crippen LogP contribution in [-0.4, -0.2) is 47.1 Å². The van der Waals surface area contributed by atoms with Crippen LogP contribution in [0.15, 0.2) is 65.1 Å². The van der Waals surface area contributed by atoms with Gasteiger partial charge in [-0.05, 0) is 86.9 Å². The summed E-state index contributed by atoms with van der Waals surface area (Å²) in [6.45, 7) is 5.50. The van der Waals surface area contributed by atoms with Crippen LogP contribution in [0.3, 0.4) is 0 Å². The Morgan fingerprint density at radius 3 is 2.42 bits per heavy atom. The van der Waals surface area contributed by atoms with E-state index in [0.29, 0.717) is 5.75 Å². The molecule has 33 heavy (non-hydrogen) atoms. The summed E-state index contributed by atoms with van der Waals surface area (Å²) >= 11 is 0. The predicted octanol–water partition coefficient (Wildman–Crippen LogP) is 6.41. The van der Waals surface area contributed by atoms with Crippen LogP contribution in [0.2, 0.25) is 0 Å². The number of phenolic OH excluding ortho intramolecular Hbond substituents is 1. The molecule has 1 aromatic heterocycles. The molecular weight excluding hydrogens is 408 g/mol. The van der Waals surface area contributed by atoms with Gasteiger partial charge in [-0.3, -0.25) is 4.90 Å². The summed E-state index contributed by atoms with van der Waals surface area (Å²) in [5, 5.41) is 14.2. The number of aromatic hydroxyl groups is 1. The maximum absolute atomic E-state index is 10.7. The first kappa shape index (κ1) is 20.8. The summed E-state index contributed by atoms with van der Waals surface area (Å²) in [7, 11) is 0. The van der Waals surface area contributed by atoms with Crippen molar-refractivity contribution in [2.45, 2.75) is 44.7 Å². The van der Waals surface area contributed by atoms with E-state index in [0.717, 1.165) is 53.5 Å². The molecule has 4 aromatic rings. The van der Waals surface area contributed by atoms with E-state index in [9.17, 15) is 5.11 Å². The number of fused-ring (bicyclic) bond motifs is 2. The third-order valence-corrected chi connectivity index (χ3v) is 7.67. The highest BCUT2D eigenvalue weighted by molar-refractivity contribution is 5.91. The van der Waals surface area contributed by atoms with Gasteiger partial charge in [-0.15, -0.1) is 0 Å². The third kappa shape index (κ3) is 4.14. The molecule has 2 aliphatic heterocycles. The molecule has 3 heterocycles. The number of furan rings is 1. The molecule has 0 saturated carbocycles. The zero-order valence-electron chi connectivity index (χ0n) is 19.2. The van der Waals surface area contributed by atoms with Gasteiger partial charge in [0, 0.05) is 29.1 Å². The molecule has 0 radical (unpaired) electrons. The van der Waals surface area contributed by atoms with Gasteiger partial charge in [-0.2, -0.15) is 0 Å². The molecule has 0 aliphatic carbocycles. The van der Waals surface area contributed by atoms with Gasteiger partial charge in [0.05, 0.1) is 0 Å². The summed E-state index contributed by atoms with van der Waals surface area (Å²) in [5.74, 6) is 1.22. The topological polar surface area (TPSA) is 39.9 Å². The van der Waals surface area contributed by atoms with E-state index in [1.54, 1.807) is 6.07 Å². The summed E-state index contributed by atoms with van der Waals surface area (Å²) in [5.41, 5.74) is 2.89. The van der Waals surface area contributed by atoms with E-state index < -0.39 is 0 Å². The van der Waals surface area contributed by atoms with E-state index in [1.165, 1.54) is 56.0 Å². The molecule has 6 rings (SSSR count). The molecule has 0 unspecified atom stereocenters. The molecule has 4 nitrogen and oxygen atoms in total. The summed E-state index contributed by atoms with van der Waals surface area (Å²) in [4.78, 5) is 5.21. The summed E-state index contributed by atoms with van der Waals surface area (Å²) in [6.07, 6.45) is 6.56. The Hall–Kier alpha value is -2.82. The second kappa shape index (κ2) is 8.85. The van der Waals surface area contributed by atoms with Crippen molar-refractivity contribution >= 4 is 21.7 Å². The number of benzene rings is 3. The van der Waals surface area contributed by atoms with Gasteiger partial charge >= 0.3 is 0 Å². The number of rotatable bonds is 4. The standard InChI is InChI=1S/C29H32N2O2/c32-27-10-11-28-25(19-29(33-28)23-9-8-21-6-2-3-7-22(21)18-23)26(27)20-30-16-12-24(13-17-30)31-14-4-1-5-15-31/h2-3,6-11,18-19,24,32H,1,4-5,12-17,20H2. The van der Waals surface area contributed by atoms with E-state index in [2.05, 4.69) is 58.3 Å². The highest BCUT2D eigenvalue weighted by Crippen LogP contribution is 2.36. The van der Waals surface area contributed by atoms with Crippen molar-refractivity contribution in [2.24, 2.45) is 0 Å².